The normalized spacial score (nSPS) is 11.4. The number of nitrogens with zero attached hydrogens (tertiary/aromatic N) is 3. The monoisotopic (exact) mass is 233 g/mol. The summed E-state index contributed by atoms with van der Waals surface area (Å²) in [7, 11) is 0. The van der Waals surface area contributed by atoms with Crippen molar-refractivity contribution in [2.24, 2.45) is 5.11 Å². The highest BCUT2D eigenvalue weighted by atomic mass is 16.5. The van der Waals surface area contributed by atoms with Crippen LogP contribution in [0.15, 0.2) is 35.4 Å². The largest absolute Gasteiger partial charge is 0.466 e. The fourth-order valence-corrected chi connectivity index (χ4v) is 1.47. The van der Waals surface area contributed by atoms with Gasteiger partial charge in [-0.25, -0.2) is 0 Å². The summed E-state index contributed by atoms with van der Waals surface area (Å²) in [5.74, 6) is -0.457. The first-order valence-electron chi connectivity index (χ1n) is 5.52. The van der Waals surface area contributed by atoms with Crippen molar-refractivity contribution < 1.29 is 9.53 Å². The minimum absolute atomic E-state index is 0.293. The summed E-state index contributed by atoms with van der Waals surface area (Å²) in [6.45, 7) is 2.02. The SMILES string of the molecule is CCOC(=O)C(CCc1ccccc1)N=[N+]=[N-]. The zero-order chi connectivity index (χ0) is 12.5. The van der Waals surface area contributed by atoms with E-state index in [2.05, 4.69) is 10.0 Å². The number of benzene rings is 1. The number of azide groups is 1. The van der Waals surface area contributed by atoms with Crippen molar-refractivity contribution in [3.05, 3.63) is 46.3 Å². The molecule has 1 aromatic rings. The molecular weight excluding hydrogens is 218 g/mol. The highest BCUT2D eigenvalue weighted by Crippen LogP contribution is 2.09. The van der Waals surface area contributed by atoms with E-state index in [1.807, 2.05) is 30.3 Å². The van der Waals surface area contributed by atoms with Crippen LogP contribution in [0.3, 0.4) is 0 Å². The summed E-state index contributed by atoms with van der Waals surface area (Å²) >= 11 is 0. The van der Waals surface area contributed by atoms with Crippen LogP contribution in [-0.2, 0) is 16.0 Å². The van der Waals surface area contributed by atoms with E-state index in [4.69, 9.17) is 10.3 Å². The van der Waals surface area contributed by atoms with Gasteiger partial charge in [0.1, 0.15) is 6.04 Å². The van der Waals surface area contributed by atoms with E-state index in [0.29, 0.717) is 19.4 Å². The van der Waals surface area contributed by atoms with Gasteiger partial charge in [0.25, 0.3) is 0 Å². The maximum absolute atomic E-state index is 11.5. The second kappa shape index (κ2) is 7.30. The highest BCUT2D eigenvalue weighted by Gasteiger charge is 2.17. The van der Waals surface area contributed by atoms with Crippen LogP contribution in [0, 0.1) is 0 Å². The number of carbonyl (C=O) groups is 1. The molecule has 0 aliphatic carbocycles. The maximum Gasteiger partial charge on any atom is 0.314 e. The van der Waals surface area contributed by atoms with Gasteiger partial charge < -0.3 is 4.74 Å². The zero-order valence-corrected chi connectivity index (χ0v) is 9.74. The summed E-state index contributed by atoms with van der Waals surface area (Å²) in [5.41, 5.74) is 9.51. The number of ether oxygens (including phenoxy) is 1. The molecule has 1 unspecified atom stereocenters. The molecule has 1 rings (SSSR count). The van der Waals surface area contributed by atoms with Gasteiger partial charge in [-0.15, -0.1) is 0 Å². The molecule has 1 aromatic carbocycles. The van der Waals surface area contributed by atoms with E-state index in [0.717, 1.165) is 5.56 Å². The van der Waals surface area contributed by atoms with Crippen molar-refractivity contribution >= 4 is 5.97 Å². The number of esters is 1. The first-order chi connectivity index (χ1) is 8.27. The van der Waals surface area contributed by atoms with Crippen LogP contribution in [0.1, 0.15) is 18.9 Å². The van der Waals surface area contributed by atoms with Gasteiger partial charge in [-0.3, -0.25) is 4.79 Å². The van der Waals surface area contributed by atoms with Gasteiger partial charge >= 0.3 is 5.97 Å². The first-order valence-corrected chi connectivity index (χ1v) is 5.52. The standard InChI is InChI=1S/C12H15N3O2/c1-2-17-12(16)11(14-15-13)9-8-10-6-4-3-5-7-10/h3-7,11H,2,8-9H2,1H3. The Morgan fingerprint density at radius 1 is 1.47 bits per heavy atom. The fourth-order valence-electron chi connectivity index (χ4n) is 1.47. The summed E-state index contributed by atoms with van der Waals surface area (Å²) in [5, 5.41) is 3.46. The van der Waals surface area contributed by atoms with E-state index in [9.17, 15) is 4.79 Å². The molecule has 0 aromatic heterocycles. The molecule has 0 amide bonds. The molecule has 90 valence electrons. The number of hydrogen-bond acceptors (Lipinski definition) is 3. The molecule has 1 atom stereocenters. The highest BCUT2D eigenvalue weighted by molar-refractivity contribution is 5.75. The van der Waals surface area contributed by atoms with Crippen molar-refractivity contribution in [2.75, 3.05) is 6.61 Å². The van der Waals surface area contributed by atoms with Crippen LogP contribution in [-0.4, -0.2) is 18.6 Å². The van der Waals surface area contributed by atoms with Gasteiger partial charge in [0.15, 0.2) is 0 Å². The Hall–Kier alpha value is -2.00. The van der Waals surface area contributed by atoms with Crippen LogP contribution < -0.4 is 0 Å². The van der Waals surface area contributed by atoms with E-state index < -0.39 is 12.0 Å². The molecule has 0 saturated heterocycles. The molecule has 17 heavy (non-hydrogen) atoms. The lowest BCUT2D eigenvalue weighted by Gasteiger charge is -2.09. The zero-order valence-electron chi connectivity index (χ0n) is 9.74. The maximum atomic E-state index is 11.5. The molecule has 0 spiro atoms. The second-order valence-corrected chi connectivity index (χ2v) is 3.50. The predicted octanol–water partition coefficient (Wildman–Crippen LogP) is 2.86. The van der Waals surface area contributed by atoms with Crippen LogP contribution in [0.4, 0.5) is 0 Å². The summed E-state index contributed by atoms with van der Waals surface area (Å²) in [4.78, 5) is 14.1. The molecule has 0 fully saturated rings. The van der Waals surface area contributed by atoms with Crippen molar-refractivity contribution in [2.45, 2.75) is 25.8 Å². The number of carbonyl (C=O) groups excluding carboxylic acids is 1. The van der Waals surface area contributed by atoms with Gasteiger partial charge in [-0.1, -0.05) is 35.4 Å². The van der Waals surface area contributed by atoms with Crippen LogP contribution >= 0.6 is 0 Å². The number of rotatable bonds is 6. The molecular formula is C12H15N3O2. The molecule has 0 aliphatic heterocycles. The Balaban J connectivity index is 2.56. The summed E-state index contributed by atoms with van der Waals surface area (Å²) in [6, 6.07) is 9.00. The molecule has 0 saturated carbocycles. The van der Waals surface area contributed by atoms with E-state index >= 15 is 0 Å². The average Bonchev–Trinajstić information content (AvgIpc) is 2.36. The molecule has 5 heteroatoms. The number of hydrogen-bond donors (Lipinski definition) is 0. The molecule has 0 radical (unpaired) electrons. The lowest BCUT2D eigenvalue weighted by Crippen LogP contribution is -2.21. The van der Waals surface area contributed by atoms with Crippen molar-refractivity contribution in [1.29, 1.82) is 0 Å². The third kappa shape index (κ3) is 4.57. The minimum atomic E-state index is -0.736. The smallest absolute Gasteiger partial charge is 0.314 e. The molecule has 0 bridgehead atoms. The Kier molecular flexibility index (Phi) is 5.61. The van der Waals surface area contributed by atoms with Gasteiger partial charge in [0.2, 0.25) is 0 Å². The molecule has 0 aliphatic rings. The third-order valence-corrected chi connectivity index (χ3v) is 2.30. The van der Waals surface area contributed by atoms with E-state index in [1.165, 1.54) is 0 Å². The number of aryl methyl sites for hydroxylation is 1. The molecule has 0 heterocycles. The Morgan fingerprint density at radius 2 is 2.18 bits per heavy atom. The Bertz CT molecular complexity index is 399. The lowest BCUT2D eigenvalue weighted by molar-refractivity contribution is -0.144. The topological polar surface area (TPSA) is 75.1 Å². The van der Waals surface area contributed by atoms with Crippen LogP contribution in [0.2, 0.25) is 0 Å². The van der Waals surface area contributed by atoms with Gasteiger partial charge in [0, 0.05) is 4.91 Å². The van der Waals surface area contributed by atoms with Crippen LogP contribution in [0.25, 0.3) is 10.4 Å². The van der Waals surface area contributed by atoms with Crippen molar-refractivity contribution in [1.82, 2.24) is 0 Å². The van der Waals surface area contributed by atoms with Gasteiger partial charge in [0.05, 0.1) is 6.61 Å². The molecule has 0 N–H and O–H groups in total. The molecule has 5 nitrogen and oxygen atoms in total. The first kappa shape index (κ1) is 13.1. The average molecular weight is 233 g/mol. The summed E-state index contributed by atoms with van der Waals surface area (Å²) in [6.07, 6.45) is 1.15. The lowest BCUT2D eigenvalue weighted by atomic mass is 10.1. The van der Waals surface area contributed by atoms with E-state index in [-0.39, 0.29) is 0 Å². The quantitative estimate of drug-likeness (QED) is 0.328. The predicted molar refractivity (Wildman–Crippen MR) is 64.3 cm³/mol. The third-order valence-electron chi connectivity index (χ3n) is 2.30. The van der Waals surface area contributed by atoms with Gasteiger partial charge in [-0.05, 0) is 30.9 Å². The minimum Gasteiger partial charge on any atom is -0.466 e. The summed E-state index contributed by atoms with van der Waals surface area (Å²) < 4.78 is 4.84. The fraction of sp³-hybridized carbons (Fsp3) is 0.417. The Morgan fingerprint density at radius 3 is 2.76 bits per heavy atom. The van der Waals surface area contributed by atoms with Crippen LogP contribution in [0.5, 0.6) is 0 Å². The van der Waals surface area contributed by atoms with Crippen molar-refractivity contribution in [3.63, 3.8) is 0 Å². The van der Waals surface area contributed by atoms with E-state index in [1.54, 1.807) is 6.92 Å². The second-order valence-electron chi connectivity index (χ2n) is 3.50. The van der Waals surface area contributed by atoms with Crippen molar-refractivity contribution in [3.8, 4) is 0 Å². The van der Waals surface area contributed by atoms with Gasteiger partial charge in [-0.2, -0.15) is 0 Å². The Labute approximate surface area is 100 Å².